The number of rotatable bonds is 3. The van der Waals surface area contributed by atoms with Crippen LogP contribution in [0, 0.1) is 5.82 Å². The van der Waals surface area contributed by atoms with Gasteiger partial charge in [-0.15, -0.1) is 0 Å². The molecule has 0 saturated carbocycles. The highest BCUT2D eigenvalue weighted by Gasteiger charge is 2.60. The maximum atomic E-state index is 14.8. The van der Waals surface area contributed by atoms with E-state index in [0.29, 0.717) is 31.9 Å². The van der Waals surface area contributed by atoms with Crippen LogP contribution >= 0.6 is 0 Å². The fraction of sp³-hybridized carbons (Fsp3) is 0.474. The summed E-state index contributed by atoms with van der Waals surface area (Å²) >= 11 is 0. The first-order valence-electron chi connectivity index (χ1n) is 9.24. The molecule has 10 heteroatoms. The largest absolute Gasteiger partial charge is 0.413 e. The maximum absolute atomic E-state index is 14.8. The Morgan fingerprint density at radius 1 is 1.17 bits per heavy atom. The van der Waals surface area contributed by atoms with Crippen molar-refractivity contribution in [1.82, 2.24) is 9.55 Å². The molecule has 1 fully saturated rings. The average molecular weight is 412 g/mol. The molecule has 29 heavy (non-hydrogen) atoms. The summed E-state index contributed by atoms with van der Waals surface area (Å²) in [4.78, 5) is 19.4. The van der Waals surface area contributed by atoms with Gasteiger partial charge in [0.2, 0.25) is 11.8 Å². The highest BCUT2D eigenvalue weighted by atomic mass is 19.4. The normalized spacial score (nSPS) is 22.1. The van der Waals surface area contributed by atoms with Crippen molar-refractivity contribution in [3.63, 3.8) is 0 Å². The summed E-state index contributed by atoms with van der Waals surface area (Å²) in [7, 11) is 0. The SMILES string of the molecule is C[C@@]1(C(F)(F)F)Cn2c(nc(N3CCOCC3)c(F)c2=O)N1Cc1ccccc1. The Morgan fingerprint density at radius 3 is 2.45 bits per heavy atom. The minimum Gasteiger partial charge on any atom is -0.378 e. The van der Waals surface area contributed by atoms with Crippen molar-refractivity contribution in [3.05, 3.63) is 52.1 Å². The molecule has 0 radical (unpaired) electrons. The zero-order valence-corrected chi connectivity index (χ0v) is 15.7. The summed E-state index contributed by atoms with van der Waals surface area (Å²) in [6.45, 7) is 1.45. The Labute approximate surface area is 164 Å². The minimum atomic E-state index is -4.66. The molecular formula is C19H20F4N4O2. The molecule has 1 atom stereocenters. The van der Waals surface area contributed by atoms with E-state index in [0.717, 1.165) is 16.4 Å². The molecule has 2 aromatic rings. The molecule has 4 rings (SSSR count). The van der Waals surface area contributed by atoms with Crippen molar-refractivity contribution in [2.24, 2.45) is 0 Å². The summed E-state index contributed by atoms with van der Waals surface area (Å²) in [6, 6.07) is 8.61. The third-order valence-corrected chi connectivity index (χ3v) is 5.48. The lowest BCUT2D eigenvalue weighted by Crippen LogP contribution is -2.55. The number of hydrogen-bond donors (Lipinski definition) is 0. The van der Waals surface area contributed by atoms with Gasteiger partial charge in [-0.3, -0.25) is 9.36 Å². The van der Waals surface area contributed by atoms with Gasteiger partial charge in [0.15, 0.2) is 11.4 Å². The van der Waals surface area contributed by atoms with E-state index in [1.54, 1.807) is 30.3 Å². The van der Waals surface area contributed by atoms with E-state index >= 15 is 0 Å². The number of alkyl halides is 3. The van der Waals surface area contributed by atoms with E-state index in [9.17, 15) is 22.4 Å². The molecule has 6 nitrogen and oxygen atoms in total. The Bertz CT molecular complexity index is 957. The van der Waals surface area contributed by atoms with Crippen LogP contribution in [0.15, 0.2) is 35.1 Å². The van der Waals surface area contributed by atoms with Crippen LogP contribution in [0.5, 0.6) is 0 Å². The summed E-state index contributed by atoms with van der Waals surface area (Å²) in [5.74, 6) is -1.54. The lowest BCUT2D eigenvalue weighted by Gasteiger charge is -2.37. The number of morpholine rings is 1. The first-order valence-corrected chi connectivity index (χ1v) is 9.24. The molecule has 1 aromatic heterocycles. The summed E-state index contributed by atoms with van der Waals surface area (Å²) in [5, 5.41) is 0. The lowest BCUT2D eigenvalue weighted by atomic mass is 10.00. The number of ether oxygens (including phenoxy) is 1. The first-order chi connectivity index (χ1) is 13.7. The van der Waals surface area contributed by atoms with E-state index < -0.39 is 29.6 Å². The second-order valence-corrected chi connectivity index (χ2v) is 7.38. The van der Waals surface area contributed by atoms with Crippen LogP contribution in [-0.2, 0) is 17.8 Å². The van der Waals surface area contributed by atoms with Crippen molar-refractivity contribution in [3.8, 4) is 0 Å². The van der Waals surface area contributed by atoms with Crippen molar-refractivity contribution < 1.29 is 22.3 Å². The second kappa shape index (κ2) is 7.01. The number of anilines is 2. The zero-order chi connectivity index (χ0) is 20.8. The van der Waals surface area contributed by atoms with Gasteiger partial charge in [0.05, 0.1) is 19.8 Å². The molecule has 3 heterocycles. The summed E-state index contributed by atoms with van der Waals surface area (Å²) in [6.07, 6.45) is -4.66. The Balaban J connectivity index is 1.84. The maximum Gasteiger partial charge on any atom is 0.413 e. The molecule has 2 aliphatic heterocycles. The fourth-order valence-corrected chi connectivity index (χ4v) is 3.71. The quantitative estimate of drug-likeness (QED) is 0.726. The molecule has 0 amide bonds. The van der Waals surface area contributed by atoms with E-state index in [1.165, 1.54) is 4.90 Å². The van der Waals surface area contributed by atoms with Gasteiger partial charge in [0.25, 0.3) is 5.56 Å². The van der Waals surface area contributed by atoms with Crippen molar-refractivity contribution >= 4 is 11.8 Å². The molecule has 2 aliphatic rings. The third-order valence-electron chi connectivity index (χ3n) is 5.48. The Hall–Kier alpha value is -2.62. The van der Waals surface area contributed by atoms with Crippen LogP contribution in [0.4, 0.5) is 29.3 Å². The fourth-order valence-electron chi connectivity index (χ4n) is 3.71. The predicted octanol–water partition coefficient (Wildman–Crippen LogP) is 2.56. The number of fused-ring (bicyclic) bond motifs is 1. The molecule has 1 aromatic carbocycles. The number of hydrogen-bond acceptors (Lipinski definition) is 5. The van der Waals surface area contributed by atoms with Crippen molar-refractivity contribution in [2.45, 2.75) is 31.7 Å². The van der Waals surface area contributed by atoms with Gasteiger partial charge >= 0.3 is 6.18 Å². The van der Waals surface area contributed by atoms with Gasteiger partial charge < -0.3 is 14.5 Å². The van der Waals surface area contributed by atoms with Gasteiger partial charge in [-0.25, -0.2) is 0 Å². The molecule has 0 N–H and O–H groups in total. The van der Waals surface area contributed by atoms with Crippen LogP contribution in [-0.4, -0.2) is 47.6 Å². The molecule has 0 unspecified atom stereocenters. The van der Waals surface area contributed by atoms with E-state index in [4.69, 9.17) is 4.74 Å². The van der Waals surface area contributed by atoms with Crippen LogP contribution in [0.3, 0.4) is 0 Å². The van der Waals surface area contributed by atoms with Crippen LogP contribution in [0.25, 0.3) is 0 Å². The van der Waals surface area contributed by atoms with E-state index in [2.05, 4.69) is 4.98 Å². The molecule has 0 aliphatic carbocycles. The van der Waals surface area contributed by atoms with Crippen LogP contribution < -0.4 is 15.4 Å². The standard InChI is InChI=1S/C19H20F4N4O2/c1-18(19(21,22)23)12-26-16(28)14(20)15(25-7-9-29-10-8-25)24-17(26)27(18)11-13-5-3-2-4-6-13/h2-6H,7-12H2,1H3/t18-/m0/s1. The molecular weight excluding hydrogens is 392 g/mol. The molecule has 0 spiro atoms. The zero-order valence-electron chi connectivity index (χ0n) is 15.7. The average Bonchev–Trinajstić information content (AvgIpc) is 2.99. The molecule has 156 valence electrons. The highest BCUT2D eigenvalue weighted by Crippen LogP contribution is 2.44. The van der Waals surface area contributed by atoms with Crippen LogP contribution in [0.2, 0.25) is 0 Å². The van der Waals surface area contributed by atoms with Crippen molar-refractivity contribution in [1.29, 1.82) is 0 Å². The lowest BCUT2D eigenvalue weighted by molar-refractivity contribution is -0.182. The second-order valence-electron chi connectivity index (χ2n) is 7.38. The Morgan fingerprint density at radius 2 is 1.83 bits per heavy atom. The first kappa shape index (κ1) is 19.7. The molecule has 1 saturated heterocycles. The topological polar surface area (TPSA) is 50.6 Å². The number of nitrogens with zero attached hydrogens (tertiary/aromatic N) is 4. The van der Waals surface area contributed by atoms with E-state index in [-0.39, 0.29) is 18.3 Å². The van der Waals surface area contributed by atoms with Crippen molar-refractivity contribution in [2.75, 3.05) is 36.1 Å². The number of aromatic nitrogens is 2. The van der Waals surface area contributed by atoms with Gasteiger partial charge in [0.1, 0.15) is 0 Å². The molecule has 0 bridgehead atoms. The number of halogens is 4. The van der Waals surface area contributed by atoms with Gasteiger partial charge in [0, 0.05) is 19.6 Å². The Kier molecular flexibility index (Phi) is 4.76. The van der Waals surface area contributed by atoms with Gasteiger partial charge in [-0.1, -0.05) is 30.3 Å². The van der Waals surface area contributed by atoms with E-state index in [1.807, 2.05) is 0 Å². The number of benzene rings is 1. The third kappa shape index (κ3) is 3.25. The monoisotopic (exact) mass is 412 g/mol. The minimum absolute atomic E-state index is 0.114. The smallest absolute Gasteiger partial charge is 0.378 e. The highest BCUT2D eigenvalue weighted by molar-refractivity contribution is 5.51. The van der Waals surface area contributed by atoms with Gasteiger partial charge in [-0.2, -0.15) is 22.5 Å². The predicted molar refractivity (Wildman–Crippen MR) is 98.6 cm³/mol. The summed E-state index contributed by atoms with van der Waals surface area (Å²) < 4.78 is 62.9. The van der Waals surface area contributed by atoms with Gasteiger partial charge in [-0.05, 0) is 12.5 Å². The van der Waals surface area contributed by atoms with Crippen LogP contribution in [0.1, 0.15) is 12.5 Å². The summed E-state index contributed by atoms with van der Waals surface area (Å²) in [5.41, 5.74) is -2.86.